The molecule has 232 valence electrons. The molecule has 9 heteroatoms. The van der Waals surface area contributed by atoms with Gasteiger partial charge in [0.15, 0.2) is 0 Å². The van der Waals surface area contributed by atoms with Gasteiger partial charge in [-0.2, -0.15) is 0 Å². The fourth-order valence-corrected chi connectivity index (χ4v) is 16.7. The molecule has 0 radical (unpaired) electrons. The van der Waals surface area contributed by atoms with Crippen LogP contribution in [0.1, 0.15) is 57.8 Å². The van der Waals surface area contributed by atoms with Crippen molar-refractivity contribution in [2.45, 2.75) is 36.7 Å². The van der Waals surface area contributed by atoms with E-state index in [4.69, 9.17) is 0 Å². The summed E-state index contributed by atoms with van der Waals surface area (Å²) in [6, 6.07) is 26.4. The molecule has 0 spiro atoms. The molecule has 45 heavy (non-hydrogen) atoms. The summed E-state index contributed by atoms with van der Waals surface area (Å²) < 4.78 is 86.1. The Morgan fingerprint density at radius 1 is 0.622 bits per heavy atom. The number of alkyl halides is 6. The molecule has 4 aromatic carbocycles. The summed E-state index contributed by atoms with van der Waals surface area (Å²) >= 11 is -3.56. The average Bonchev–Trinajstić information content (AvgIpc) is 3.43. The summed E-state index contributed by atoms with van der Waals surface area (Å²) in [5.74, 6) is 0.0147. The van der Waals surface area contributed by atoms with Crippen molar-refractivity contribution in [2.24, 2.45) is 5.92 Å². The number of fused-ring (bicyclic) bond motifs is 3. The summed E-state index contributed by atoms with van der Waals surface area (Å²) in [7, 11) is 0. The van der Waals surface area contributed by atoms with Crippen molar-refractivity contribution in [1.29, 1.82) is 0 Å². The molecule has 4 aromatic rings. The second-order valence-electron chi connectivity index (χ2n) is 11.2. The molecule has 0 fully saturated rings. The van der Waals surface area contributed by atoms with Crippen LogP contribution in [0.4, 0.5) is 26.3 Å². The van der Waals surface area contributed by atoms with Gasteiger partial charge in [0.2, 0.25) is 0 Å². The van der Waals surface area contributed by atoms with Crippen LogP contribution in [0.25, 0.3) is 11.1 Å². The van der Waals surface area contributed by atoms with Crippen LogP contribution in [0.3, 0.4) is 0 Å². The van der Waals surface area contributed by atoms with Gasteiger partial charge in [0.1, 0.15) is 0 Å². The second-order valence-corrected chi connectivity index (χ2v) is 17.2. The quantitative estimate of drug-likeness (QED) is 0.270. The minimum atomic E-state index is -4.60. The van der Waals surface area contributed by atoms with E-state index >= 15 is 0 Å². The van der Waals surface area contributed by atoms with Gasteiger partial charge >= 0.3 is 256 Å². The van der Waals surface area contributed by atoms with Crippen LogP contribution in [0, 0.1) is 5.92 Å². The molecule has 1 atom stereocenters. The standard InChI is InChI=1S/C15H8F6.C13H9.C8H11.2ClH.Zr/c16-14(17,18)12-5-1-3-10(8-12)7-11-4-2-6-13(9-11)15(19,20)21;1-3-7-12-10(5-1)9-11-6-2-4-8-13(11)12;1-6-4-7(2)8(3)5-6;;;/h1-6,8-9H;1-9H;4,6H,1-3H3;2*1H;/q;;;;;+2/p-2. The Hall–Kier alpha value is -2.73. The van der Waals surface area contributed by atoms with Gasteiger partial charge in [-0.05, 0) is 0 Å². The normalized spacial score (nSPS) is 15.7. The molecule has 2 aliphatic carbocycles. The van der Waals surface area contributed by atoms with Crippen molar-refractivity contribution in [1.82, 2.24) is 0 Å². The third kappa shape index (κ3) is 6.46. The minimum absolute atomic E-state index is 0. The van der Waals surface area contributed by atoms with E-state index < -0.39 is 44.7 Å². The summed E-state index contributed by atoms with van der Waals surface area (Å²) in [5.41, 5.74) is 5.56. The molecule has 0 heterocycles. The number of hydrogen-bond donors (Lipinski definition) is 0. The fraction of sp³-hybridized carbons (Fsp3) is 0.194. The van der Waals surface area contributed by atoms with Crippen LogP contribution in [-0.2, 0) is 33.6 Å². The van der Waals surface area contributed by atoms with E-state index in [9.17, 15) is 26.3 Å². The SMILES string of the molecule is CC1=CC(C)[C]([Zr+2](=[C](c2cccc(C(F)(F)F)c2)c2cccc(C(F)(F)F)c2)[CH]2c3ccccc3-c3ccccc32)=C1C.[Cl-].[Cl-]. The first-order chi connectivity index (χ1) is 20.4. The third-order valence-electron chi connectivity index (χ3n) is 8.59. The average molecular weight is 737 g/mol. The molecular formula is C36H28Cl2F6Zr. The topological polar surface area (TPSA) is 0 Å². The van der Waals surface area contributed by atoms with Gasteiger partial charge in [-0.15, -0.1) is 0 Å². The van der Waals surface area contributed by atoms with E-state index in [1.54, 1.807) is 12.1 Å². The van der Waals surface area contributed by atoms with E-state index in [2.05, 4.69) is 37.3 Å². The molecule has 0 saturated carbocycles. The van der Waals surface area contributed by atoms with Gasteiger partial charge < -0.3 is 24.8 Å². The number of allylic oxidation sites excluding steroid dienone is 4. The zero-order chi connectivity index (χ0) is 30.7. The Labute approximate surface area is 278 Å². The van der Waals surface area contributed by atoms with Crippen molar-refractivity contribution in [3.05, 3.63) is 151 Å². The van der Waals surface area contributed by atoms with Gasteiger partial charge in [0.05, 0.1) is 0 Å². The first-order valence-electron chi connectivity index (χ1n) is 14.0. The molecule has 0 amide bonds. The molecular weight excluding hydrogens is 709 g/mol. The predicted molar refractivity (Wildman–Crippen MR) is 155 cm³/mol. The van der Waals surface area contributed by atoms with Crippen LogP contribution in [0.5, 0.6) is 0 Å². The second kappa shape index (κ2) is 13.2. The first-order valence-corrected chi connectivity index (χ1v) is 17.9. The maximum absolute atomic E-state index is 14.1. The van der Waals surface area contributed by atoms with E-state index in [1.165, 1.54) is 15.4 Å². The molecule has 0 bridgehead atoms. The molecule has 0 N–H and O–H groups in total. The van der Waals surface area contributed by atoms with Gasteiger partial charge in [0.25, 0.3) is 0 Å². The monoisotopic (exact) mass is 734 g/mol. The molecule has 0 saturated heterocycles. The summed E-state index contributed by atoms with van der Waals surface area (Å²) in [6.07, 6.45) is -7.02. The van der Waals surface area contributed by atoms with Crippen molar-refractivity contribution < 1.29 is 72.4 Å². The summed E-state index contributed by atoms with van der Waals surface area (Å²) in [5, 5.41) is 0. The van der Waals surface area contributed by atoms with Crippen molar-refractivity contribution in [3.63, 3.8) is 0 Å². The Balaban J connectivity index is 0.00000230. The predicted octanol–water partition coefficient (Wildman–Crippen LogP) is 4.56. The number of benzene rings is 4. The van der Waals surface area contributed by atoms with E-state index in [0.717, 1.165) is 57.7 Å². The maximum atomic E-state index is 14.1. The number of halogens is 8. The zero-order valence-corrected chi connectivity index (χ0v) is 28.5. The molecule has 2 aliphatic rings. The Bertz CT molecular complexity index is 1740. The Kier molecular flexibility index (Phi) is 10.3. The minimum Gasteiger partial charge on any atom is -1.00 e. The smallest absolute Gasteiger partial charge is 1.00 e. The Morgan fingerprint density at radius 3 is 1.47 bits per heavy atom. The Morgan fingerprint density at radius 2 is 1.07 bits per heavy atom. The van der Waals surface area contributed by atoms with Gasteiger partial charge in [-0.25, -0.2) is 0 Å². The molecule has 1 unspecified atom stereocenters. The molecule has 0 nitrogen and oxygen atoms in total. The van der Waals surface area contributed by atoms with Gasteiger partial charge in [0, 0.05) is 0 Å². The fourth-order valence-electron chi connectivity index (χ4n) is 6.67. The van der Waals surface area contributed by atoms with Gasteiger partial charge in [-0.3, -0.25) is 0 Å². The molecule has 0 aromatic heterocycles. The van der Waals surface area contributed by atoms with Crippen LogP contribution >= 0.6 is 0 Å². The van der Waals surface area contributed by atoms with E-state index in [1.807, 2.05) is 38.1 Å². The van der Waals surface area contributed by atoms with Crippen LogP contribution in [0.15, 0.2) is 118 Å². The first kappa shape index (κ1) is 35.1. The molecule has 0 aliphatic heterocycles. The third-order valence-corrected chi connectivity index (χ3v) is 17.7. The van der Waals surface area contributed by atoms with Crippen molar-refractivity contribution >= 4 is 3.21 Å². The molecule has 6 rings (SSSR count). The largest absolute Gasteiger partial charge is 1.00 e. The van der Waals surface area contributed by atoms with Crippen LogP contribution in [0.2, 0.25) is 0 Å². The summed E-state index contributed by atoms with van der Waals surface area (Å²) in [6.45, 7) is 6.18. The van der Waals surface area contributed by atoms with Crippen molar-refractivity contribution in [3.8, 4) is 11.1 Å². The van der Waals surface area contributed by atoms with Crippen LogP contribution < -0.4 is 24.8 Å². The summed E-state index contributed by atoms with van der Waals surface area (Å²) in [4.78, 5) is 0. The van der Waals surface area contributed by atoms with Gasteiger partial charge in [-0.1, -0.05) is 0 Å². The van der Waals surface area contributed by atoms with E-state index in [0.29, 0.717) is 14.3 Å². The van der Waals surface area contributed by atoms with Crippen LogP contribution in [-0.4, -0.2) is 3.21 Å². The maximum Gasteiger partial charge on any atom is -1.00 e. The van der Waals surface area contributed by atoms with Crippen molar-refractivity contribution in [2.75, 3.05) is 0 Å². The number of hydrogen-bond acceptors (Lipinski definition) is 0. The van der Waals surface area contributed by atoms with E-state index in [-0.39, 0.29) is 34.4 Å². The zero-order valence-electron chi connectivity index (χ0n) is 24.5. The number of rotatable bonds is 4.